The van der Waals surface area contributed by atoms with Gasteiger partial charge in [-0.2, -0.15) is 0 Å². The molecule has 4 heterocycles. The number of aromatic nitrogens is 4. The van der Waals surface area contributed by atoms with Crippen molar-refractivity contribution in [2.45, 2.75) is 41.5 Å². The molecule has 0 saturated heterocycles. The number of ketones is 2. The van der Waals surface area contributed by atoms with Gasteiger partial charge in [-0.05, 0) is 88.1 Å². The van der Waals surface area contributed by atoms with Crippen LogP contribution in [0.15, 0.2) is 146 Å². The molecular weight excluding hydrogens is 1770 g/mol. The summed E-state index contributed by atoms with van der Waals surface area (Å²) in [6.45, 7) is 9.41. The minimum Gasteiger partial charge on any atom is -0.512 e. The van der Waals surface area contributed by atoms with E-state index in [0.717, 1.165) is 59.3 Å². The molecule has 4 aromatic carbocycles. The summed E-state index contributed by atoms with van der Waals surface area (Å²) >= 11 is 0. The molecule has 0 spiro atoms. The fourth-order valence-corrected chi connectivity index (χ4v) is 5.87. The number of aryl methyl sites for hydroxylation is 2. The first-order valence-electron chi connectivity index (χ1n) is 22.2. The Hall–Kier alpha value is -6.33. The summed E-state index contributed by atoms with van der Waals surface area (Å²) in [5.41, 5.74) is 4.72. The number of halogens is 9. The molecule has 432 valence electrons. The fraction of sp³-hybridized carbons (Fsp3) is 0.138. The van der Waals surface area contributed by atoms with Crippen LogP contribution in [0.25, 0.3) is 45.0 Å². The number of anilines is 1. The zero-order chi connectivity index (χ0) is 56.6. The van der Waals surface area contributed by atoms with Gasteiger partial charge in [0.25, 0.3) is 0 Å². The van der Waals surface area contributed by atoms with Crippen molar-refractivity contribution in [2.75, 3.05) is 19.0 Å². The van der Waals surface area contributed by atoms with Crippen LogP contribution >= 0.6 is 0 Å². The van der Waals surface area contributed by atoms with E-state index in [-0.39, 0.29) is 131 Å². The van der Waals surface area contributed by atoms with Crippen LogP contribution in [0, 0.1) is 90.5 Å². The number of aliphatic hydroxyl groups excluding tert-OH is 2. The second-order valence-corrected chi connectivity index (χ2v) is 16.0. The maximum absolute atomic E-state index is 13.5. The Bertz CT molecular complexity index is 3250. The number of aliphatic hydroxyl groups is 2. The van der Waals surface area contributed by atoms with Gasteiger partial charge in [0.05, 0.1) is 23.2 Å². The van der Waals surface area contributed by atoms with Gasteiger partial charge in [-0.1, -0.05) is 82.4 Å². The van der Waals surface area contributed by atoms with Crippen molar-refractivity contribution in [3.8, 4) is 45.0 Å². The van der Waals surface area contributed by atoms with E-state index in [9.17, 15) is 49.1 Å². The summed E-state index contributed by atoms with van der Waals surface area (Å²) in [6, 6.07) is 31.9. The standard InChI is InChI=1S/C13H11F2N2.2C12H8F2N.C11H5F3N.2C5H8O2.4Ir/c1-17(2)10-5-6-16-13(8-10)11-4-3-9(14)7-12(11)15;1-8-2-5-12(15-7-8)10-4-3-9(13)6-11(10)14;1-8-3-2-6-15-12(8)10-5-4-9(13)7-11(10)14;12-8-5-4-7(10(13)11(8)14)9-3-1-2-6-15-9;2*1-4(6)3-5(2)7;;;;/h3,5-8H,1-2H3;2-3,5-7H,1H3;2-4,6-7H,1H3;1-3,5-6H;2*3,6H,1-2H3;;;;/q4*-1;;;;;;. The molecule has 22 heteroatoms. The van der Waals surface area contributed by atoms with Gasteiger partial charge in [0.1, 0.15) is 5.82 Å². The SMILES string of the molecule is CC(=O)C=C(C)O.CC(=O)C=C(C)O.CN(C)c1ccnc(-c2[c-]cc(F)cc2F)c1.Cc1ccc(-c2[c-]cc(F)cc2F)nc1.Cc1cccnc1-c1[c-]cc(F)cc1F.Fc1c[c-]c(-c2ccccn2)c(F)c1F.[Ir].[Ir].[Ir].[Ir]. The third kappa shape index (κ3) is 26.3. The Morgan fingerprint density at radius 2 is 0.950 bits per heavy atom. The second-order valence-electron chi connectivity index (χ2n) is 16.0. The Morgan fingerprint density at radius 3 is 1.36 bits per heavy atom. The third-order valence-corrected chi connectivity index (χ3v) is 9.21. The van der Waals surface area contributed by atoms with Crippen molar-refractivity contribution in [1.29, 1.82) is 0 Å². The molecule has 0 bridgehead atoms. The molecule has 2 N–H and O–H groups in total. The number of allylic oxidation sites excluding steroid dienone is 4. The largest absolute Gasteiger partial charge is 0.512 e. The van der Waals surface area contributed by atoms with Crippen molar-refractivity contribution in [1.82, 2.24) is 19.9 Å². The van der Waals surface area contributed by atoms with Crippen LogP contribution in [-0.4, -0.2) is 55.8 Å². The Balaban J connectivity index is 0. The van der Waals surface area contributed by atoms with Crippen LogP contribution < -0.4 is 4.90 Å². The zero-order valence-corrected chi connectivity index (χ0v) is 53.0. The summed E-state index contributed by atoms with van der Waals surface area (Å²) in [5.74, 6) is -8.02. The number of hydrogen-bond acceptors (Lipinski definition) is 9. The van der Waals surface area contributed by atoms with Crippen LogP contribution in [0.2, 0.25) is 0 Å². The predicted molar refractivity (Wildman–Crippen MR) is 272 cm³/mol. The van der Waals surface area contributed by atoms with Crippen molar-refractivity contribution in [3.05, 3.63) is 233 Å². The minimum atomic E-state index is -1.51. The van der Waals surface area contributed by atoms with Crippen LogP contribution in [0.3, 0.4) is 0 Å². The number of carbonyl (C=O) groups is 2. The Labute approximate surface area is 512 Å². The maximum atomic E-state index is 13.5. The first-order chi connectivity index (χ1) is 35.9. The predicted octanol–water partition coefficient (Wildman–Crippen LogP) is 14.2. The van der Waals surface area contributed by atoms with Gasteiger partial charge in [0.2, 0.25) is 0 Å². The van der Waals surface area contributed by atoms with E-state index in [1.54, 1.807) is 48.9 Å². The molecular formula is C58H48F9Ir4N5O4-4. The van der Waals surface area contributed by atoms with Crippen LogP contribution in [0.5, 0.6) is 0 Å². The monoisotopic (exact) mass is 1820 g/mol. The van der Waals surface area contributed by atoms with Crippen LogP contribution in [0.1, 0.15) is 38.8 Å². The fourth-order valence-electron chi connectivity index (χ4n) is 5.87. The Kier molecular flexibility index (Phi) is 36.3. The van der Waals surface area contributed by atoms with Crippen LogP contribution in [0.4, 0.5) is 45.2 Å². The van der Waals surface area contributed by atoms with Gasteiger partial charge >= 0.3 is 0 Å². The van der Waals surface area contributed by atoms with E-state index >= 15 is 0 Å². The van der Waals surface area contributed by atoms with Gasteiger partial charge in [-0.3, -0.25) is 44.7 Å². The van der Waals surface area contributed by atoms with Crippen molar-refractivity contribution in [3.63, 3.8) is 0 Å². The smallest absolute Gasteiger partial charge is 0.155 e. The van der Waals surface area contributed by atoms with E-state index < -0.39 is 52.4 Å². The summed E-state index contributed by atoms with van der Waals surface area (Å²) in [4.78, 5) is 37.9. The van der Waals surface area contributed by atoms with E-state index in [1.807, 2.05) is 51.0 Å². The average Bonchev–Trinajstić information content (AvgIpc) is 3.35. The number of rotatable bonds is 7. The average molecular weight is 1820 g/mol. The maximum Gasteiger partial charge on any atom is 0.155 e. The molecule has 4 aromatic heterocycles. The molecule has 4 radical (unpaired) electrons. The number of nitrogens with zero attached hydrogens (tertiary/aromatic N) is 5. The molecule has 0 unspecified atom stereocenters. The number of pyridine rings is 4. The molecule has 80 heavy (non-hydrogen) atoms. The molecule has 0 amide bonds. The normalized spacial score (nSPS) is 10.0. The van der Waals surface area contributed by atoms with E-state index in [1.165, 1.54) is 52.1 Å². The van der Waals surface area contributed by atoms with E-state index in [4.69, 9.17) is 10.2 Å². The molecule has 0 atom stereocenters. The minimum absolute atomic E-state index is 0. The van der Waals surface area contributed by atoms with Crippen molar-refractivity contribution in [2.24, 2.45) is 0 Å². The first kappa shape index (κ1) is 75.7. The summed E-state index contributed by atoms with van der Waals surface area (Å²) in [7, 11) is 3.76. The topological polar surface area (TPSA) is 129 Å². The van der Waals surface area contributed by atoms with E-state index in [2.05, 4.69) is 44.2 Å². The number of benzene rings is 4. The molecule has 0 saturated carbocycles. The van der Waals surface area contributed by atoms with E-state index in [0.29, 0.717) is 17.1 Å². The number of hydrogen-bond donors (Lipinski definition) is 2. The quantitative estimate of drug-likeness (QED) is 0.0527. The molecule has 0 fully saturated rings. The van der Waals surface area contributed by atoms with Gasteiger partial charge in [-0.25, -0.2) is 4.39 Å². The summed E-state index contributed by atoms with van der Waals surface area (Å²) < 4.78 is 117. The summed E-state index contributed by atoms with van der Waals surface area (Å²) in [5, 5.41) is 16.7. The van der Waals surface area contributed by atoms with Gasteiger partial charge in [0.15, 0.2) is 11.6 Å². The summed E-state index contributed by atoms with van der Waals surface area (Å²) in [6.07, 6.45) is 8.55. The van der Waals surface area contributed by atoms with Crippen LogP contribution in [-0.2, 0) is 90.0 Å². The molecule has 0 aliphatic carbocycles. The molecule has 0 aliphatic rings. The Morgan fingerprint density at radius 1 is 0.487 bits per heavy atom. The third-order valence-electron chi connectivity index (χ3n) is 9.21. The van der Waals surface area contributed by atoms with Gasteiger partial charge < -0.3 is 35.0 Å². The first-order valence-corrected chi connectivity index (χ1v) is 22.2. The molecule has 8 rings (SSSR count). The molecule has 8 aromatic rings. The molecule has 9 nitrogen and oxygen atoms in total. The van der Waals surface area contributed by atoms with Gasteiger partial charge in [0, 0.05) is 172 Å². The zero-order valence-electron chi connectivity index (χ0n) is 43.4. The van der Waals surface area contributed by atoms with Gasteiger partial charge in [-0.15, -0.1) is 48.5 Å². The molecule has 0 aliphatic heterocycles. The number of carbonyl (C=O) groups excluding carboxylic acids is 2. The van der Waals surface area contributed by atoms with Crippen molar-refractivity contribution < 1.29 is 140 Å². The second kappa shape index (κ2) is 38.3. The van der Waals surface area contributed by atoms with Crippen molar-refractivity contribution >= 4 is 17.3 Å².